The Hall–Kier alpha value is -1.18. The number of guanidine groups is 1. The highest BCUT2D eigenvalue weighted by molar-refractivity contribution is 7.09. The predicted molar refractivity (Wildman–Crippen MR) is 108 cm³/mol. The van der Waals surface area contributed by atoms with E-state index in [0.717, 1.165) is 42.7 Å². The van der Waals surface area contributed by atoms with Gasteiger partial charge in [-0.25, -0.2) is 4.98 Å². The molecule has 2 rings (SSSR count). The summed E-state index contributed by atoms with van der Waals surface area (Å²) >= 11 is 1.71. The van der Waals surface area contributed by atoms with Gasteiger partial charge in [0.25, 0.3) is 0 Å². The second-order valence-electron chi connectivity index (χ2n) is 6.83. The number of aromatic nitrogens is 1. The Morgan fingerprint density at radius 1 is 1.28 bits per heavy atom. The predicted octanol–water partition coefficient (Wildman–Crippen LogP) is 1.43. The van der Waals surface area contributed by atoms with Crippen molar-refractivity contribution in [3.8, 4) is 0 Å². The summed E-state index contributed by atoms with van der Waals surface area (Å²) in [6.45, 7) is 15.5. The fraction of sp³-hybridized carbons (Fsp3) is 0.778. The van der Waals surface area contributed by atoms with E-state index in [-0.39, 0.29) is 0 Å². The van der Waals surface area contributed by atoms with Gasteiger partial charge in [-0.1, -0.05) is 13.8 Å². The van der Waals surface area contributed by atoms with E-state index in [1.807, 2.05) is 14.0 Å². The zero-order valence-electron chi connectivity index (χ0n) is 16.2. The van der Waals surface area contributed by atoms with Gasteiger partial charge in [0.05, 0.1) is 10.7 Å². The molecule has 0 saturated carbocycles. The van der Waals surface area contributed by atoms with Crippen LogP contribution in [0.2, 0.25) is 0 Å². The van der Waals surface area contributed by atoms with Crippen molar-refractivity contribution >= 4 is 17.3 Å². The lowest BCUT2D eigenvalue weighted by molar-refractivity contribution is 0.124. The largest absolute Gasteiger partial charge is 0.356 e. The minimum absolute atomic E-state index is 0.605. The van der Waals surface area contributed by atoms with Crippen LogP contribution in [-0.4, -0.2) is 80.1 Å². The molecule has 0 spiro atoms. The summed E-state index contributed by atoms with van der Waals surface area (Å²) in [7, 11) is 1.83. The molecule has 0 aliphatic carbocycles. The molecule has 1 aliphatic rings. The number of rotatable bonds is 8. The number of nitrogens with zero attached hydrogens (tertiary/aromatic N) is 4. The first-order valence-electron chi connectivity index (χ1n) is 9.41. The van der Waals surface area contributed by atoms with Crippen molar-refractivity contribution in [3.63, 3.8) is 0 Å². The van der Waals surface area contributed by atoms with Crippen molar-refractivity contribution < 1.29 is 0 Å². The number of nitrogens with one attached hydrogen (secondary N) is 2. The molecule has 0 radical (unpaired) electrons. The van der Waals surface area contributed by atoms with Gasteiger partial charge in [-0.2, -0.15) is 0 Å². The third kappa shape index (κ3) is 7.30. The van der Waals surface area contributed by atoms with E-state index in [4.69, 9.17) is 0 Å². The first-order chi connectivity index (χ1) is 12.1. The van der Waals surface area contributed by atoms with Crippen molar-refractivity contribution in [2.45, 2.75) is 27.2 Å². The molecular formula is C18H34N6S. The highest BCUT2D eigenvalue weighted by Gasteiger charge is 2.17. The third-order valence-corrected chi connectivity index (χ3v) is 5.49. The summed E-state index contributed by atoms with van der Waals surface area (Å²) in [6, 6.07) is 0. The van der Waals surface area contributed by atoms with Gasteiger partial charge in [0, 0.05) is 64.7 Å². The molecule has 7 heteroatoms. The van der Waals surface area contributed by atoms with Gasteiger partial charge in [0.1, 0.15) is 0 Å². The second-order valence-corrected chi connectivity index (χ2v) is 7.89. The summed E-state index contributed by atoms with van der Waals surface area (Å²) < 4.78 is 0. The number of hydrogen-bond donors (Lipinski definition) is 2. The van der Waals surface area contributed by atoms with Crippen LogP contribution < -0.4 is 10.6 Å². The number of aliphatic imine (C=N–C) groups is 1. The minimum atomic E-state index is 0.605. The van der Waals surface area contributed by atoms with E-state index in [1.165, 1.54) is 32.7 Å². The van der Waals surface area contributed by atoms with E-state index in [2.05, 4.69) is 49.6 Å². The quantitative estimate of drug-likeness (QED) is 0.538. The summed E-state index contributed by atoms with van der Waals surface area (Å²) in [5.41, 5.74) is 1.16. The van der Waals surface area contributed by atoms with Crippen molar-refractivity contribution in [2.75, 3.05) is 59.4 Å². The third-order valence-electron chi connectivity index (χ3n) is 4.66. The Labute approximate surface area is 156 Å². The van der Waals surface area contributed by atoms with Gasteiger partial charge in [0.2, 0.25) is 0 Å². The van der Waals surface area contributed by atoms with Crippen LogP contribution in [0.4, 0.5) is 0 Å². The van der Waals surface area contributed by atoms with E-state index >= 15 is 0 Å². The molecule has 0 amide bonds. The lowest BCUT2D eigenvalue weighted by atomic mass is 10.1. The van der Waals surface area contributed by atoms with Crippen LogP contribution >= 0.6 is 11.3 Å². The Bertz CT molecular complexity index is 521. The van der Waals surface area contributed by atoms with Crippen molar-refractivity contribution in [3.05, 3.63) is 16.1 Å². The number of aryl methyl sites for hydroxylation is 1. The molecule has 1 atom stereocenters. The minimum Gasteiger partial charge on any atom is -0.356 e. The molecule has 1 aromatic rings. The van der Waals surface area contributed by atoms with Gasteiger partial charge < -0.3 is 20.4 Å². The number of likely N-dealkylation sites (N-methyl/N-ethyl adjacent to an activating group) is 1. The molecule has 1 unspecified atom stereocenters. The average Bonchev–Trinajstić information content (AvgIpc) is 3.03. The normalized spacial score (nSPS) is 18.3. The lowest BCUT2D eigenvalue weighted by Gasteiger charge is -2.35. The van der Waals surface area contributed by atoms with E-state index in [1.54, 1.807) is 11.3 Å². The second kappa shape index (κ2) is 10.7. The highest BCUT2D eigenvalue weighted by Crippen LogP contribution is 2.08. The molecule has 1 aromatic heterocycles. The maximum Gasteiger partial charge on any atom is 0.190 e. The molecule has 1 saturated heterocycles. The van der Waals surface area contributed by atoms with Crippen LogP contribution in [0.3, 0.4) is 0 Å². The SMILES string of the molecule is CCN1CCN(CC(C)CNC(=NC)NCCc2csc(C)n2)CC1. The van der Waals surface area contributed by atoms with Gasteiger partial charge >= 0.3 is 0 Å². The Kier molecular flexibility index (Phi) is 8.64. The molecule has 0 aromatic carbocycles. The van der Waals surface area contributed by atoms with Gasteiger partial charge in [-0.3, -0.25) is 4.99 Å². The van der Waals surface area contributed by atoms with Crippen LogP contribution in [0.1, 0.15) is 24.5 Å². The molecule has 142 valence electrons. The van der Waals surface area contributed by atoms with E-state index in [9.17, 15) is 0 Å². The van der Waals surface area contributed by atoms with Gasteiger partial charge in [-0.15, -0.1) is 11.3 Å². The number of thiazole rings is 1. The maximum absolute atomic E-state index is 4.49. The first kappa shape index (κ1) is 20.1. The Morgan fingerprint density at radius 2 is 2.00 bits per heavy atom. The molecule has 6 nitrogen and oxygen atoms in total. The van der Waals surface area contributed by atoms with Gasteiger partial charge in [0.15, 0.2) is 5.96 Å². The molecule has 1 fully saturated rings. The first-order valence-corrected chi connectivity index (χ1v) is 10.3. The van der Waals surface area contributed by atoms with Crippen LogP contribution in [0.15, 0.2) is 10.4 Å². The average molecular weight is 367 g/mol. The van der Waals surface area contributed by atoms with E-state index < -0.39 is 0 Å². The number of piperazine rings is 1. The smallest absolute Gasteiger partial charge is 0.190 e. The van der Waals surface area contributed by atoms with Crippen LogP contribution in [-0.2, 0) is 6.42 Å². The summed E-state index contributed by atoms with van der Waals surface area (Å²) in [5.74, 6) is 1.49. The highest BCUT2D eigenvalue weighted by atomic mass is 32.1. The zero-order chi connectivity index (χ0) is 18.1. The fourth-order valence-corrected chi connectivity index (χ4v) is 3.76. The van der Waals surface area contributed by atoms with Gasteiger partial charge in [-0.05, 0) is 19.4 Å². The summed E-state index contributed by atoms with van der Waals surface area (Å²) in [5, 5.41) is 10.1. The monoisotopic (exact) mass is 366 g/mol. The van der Waals surface area contributed by atoms with Crippen molar-refractivity contribution in [1.82, 2.24) is 25.4 Å². The maximum atomic E-state index is 4.49. The molecule has 1 aliphatic heterocycles. The van der Waals surface area contributed by atoms with Crippen LogP contribution in [0.25, 0.3) is 0 Å². The molecule has 25 heavy (non-hydrogen) atoms. The van der Waals surface area contributed by atoms with Crippen molar-refractivity contribution in [2.24, 2.45) is 10.9 Å². The molecule has 2 N–H and O–H groups in total. The molecule has 0 bridgehead atoms. The molecule has 2 heterocycles. The molecular weight excluding hydrogens is 332 g/mol. The summed E-state index contributed by atoms with van der Waals surface area (Å²) in [4.78, 5) is 13.9. The van der Waals surface area contributed by atoms with Crippen LogP contribution in [0, 0.1) is 12.8 Å². The standard InChI is InChI=1S/C18H34N6S/c1-5-23-8-10-24(11-9-23)13-15(2)12-21-18(19-4)20-7-6-17-14-25-16(3)22-17/h14-15H,5-13H2,1-4H3,(H2,19,20,21). The number of hydrogen-bond acceptors (Lipinski definition) is 5. The van der Waals surface area contributed by atoms with E-state index in [0.29, 0.717) is 5.92 Å². The summed E-state index contributed by atoms with van der Waals surface area (Å²) in [6.07, 6.45) is 0.933. The topological polar surface area (TPSA) is 55.8 Å². The zero-order valence-corrected chi connectivity index (χ0v) is 17.0. The van der Waals surface area contributed by atoms with Crippen molar-refractivity contribution in [1.29, 1.82) is 0 Å². The lowest BCUT2D eigenvalue weighted by Crippen LogP contribution is -2.48. The van der Waals surface area contributed by atoms with Crippen LogP contribution in [0.5, 0.6) is 0 Å². The Morgan fingerprint density at radius 3 is 2.60 bits per heavy atom. The Balaban J connectivity index is 1.61. The fourth-order valence-electron chi connectivity index (χ4n) is 3.12.